The maximum Gasteiger partial charge on any atom is 0.264 e. The Balaban J connectivity index is 1.70. The maximum absolute atomic E-state index is 14.2. The van der Waals surface area contributed by atoms with Crippen molar-refractivity contribution >= 4 is 27.5 Å². The molecule has 1 aliphatic rings. The van der Waals surface area contributed by atoms with Crippen LogP contribution in [-0.4, -0.2) is 43.8 Å². The van der Waals surface area contributed by atoms with Crippen molar-refractivity contribution in [1.82, 2.24) is 10.2 Å². The molecule has 2 amide bonds. The minimum Gasteiger partial charge on any atom is -0.352 e. The van der Waals surface area contributed by atoms with Gasteiger partial charge in [-0.2, -0.15) is 0 Å². The van der Waals surface area contributed by atoms with Crippen LogP contribution in [-0.2, 0) is 26.2 Å². The van der Waals surface area contributed by atoms with E-state index in [1.807, 2.05) is 26.8 Å². The lowest BCUT2D eigenvalue weighted by molar-refractivity contribution is -0.140. The predicted octanol–water partition coefficient (Wildman–Crippen LogP) is 5.89. The Kier molecular flexibility index (Phi) is 10.4. The normalized spacial score (nSPS) is 14.7. The average Bonchev–Trinajstić information content (AvgIpc) is 2.97. The summed E-state index contributed by atoms with van der Waals surface area (Å²) in [7, 11) is -4.13. The van der Waals surface area contributed by atoms with Crippen LogP contribution in [0.2, 0.25) is 0 Å². The average molecular weight is 594 g/mol. The minimum atomic E-state index is -4.13. The van der Waals surface area contributed by atoms with Crippen LogP contribution in [0.25, 0.3) is 0 Å². The topological polar surface area (TPSA) is 86.8 Å². The first kappa shape index (κ1) is 31.2. The smallest absolute Gasteiger partial charge is 0.264 e. The fourth-order valence-corrected chi connectivity index (χ4v) is 6.81. The van der Waals surface area contributed by atoms with Crippen LogP contribution >= 0.6 is 0 Å². The summed E-state index contributed by atoms with van der Waals surface area (Å²) >= 11 is 0. The third kappa shape index (κ3) is 7.76. The summed E-state index contributed by atoms with van der Waals surface area (Å²) in [4.78, 5) is 29.3. The van der Waals surface area contributed by atoms with E-state index in [-0.39, 0.29) is 23.4 Å². The molecule has 0 bridgehead atoms. The molecule has 0 spiro atoms. The van der Waals surface area contributed by atoms with E-state index in [2.05, 4.69) is 5.32 Å². The number of amides is 2. The lowest BCUT2D eigenvalue weighted by atomic mass is 9.95. The number of carbonyl (C=O) groups excluding carboxylic acids is 2. The third-order valence-corrected chi connectivity index (χ3v) is 9.57. The third-order valence-electron chi connectivity index (χ3n) is 7.78. The number of carbonyl (C=O) groups is 2. The molecule has 0 saturated heterocycles. The zero-order chi connectivity index (χ0) is 30.3. The highest BCUT2D eigenvalue weighted by Gasteiger charge is 2.34. The van der Waals surface area contributed by atoms with E-state index < -0.39 is 34.3 Å². The fourth-order valence-electron chi connectivity index (χ4n) is 5.40. The number of hydrogen-bond donors (Lipinski definition) is 1. The van der Waals surface area contributed by atoms with Crippen molar-refractivity contribution in [2.24, 2.45) is 0 Å². The number of sulfonamides is 1. The van der Waals surface area contributed by atoms with Gasteiger partial charge in [0, 0.05) is 12.6 Å². The van der Waals surface area contributed by atoms with Gasteiger partial charge in [-0.3, -0.25) is 13.9 Å². The van der Waals surface area contributed by atoms with Gasteiger partial charge in [-0.05, 0) is 80.6 Å². The molecule has 0 heterocycles. The van der Waals surface area contributed by atoms with Gasteiger partial charge in [0.2, 0.25) is 11.8 Å². The van der Waals surface area contributed by atoms with Crippen molar-refractivity contribution in [2.45, 2.75) is 82.8 Å². The van der Waals surface area contributed by atoms with Gasteiger partial charge in [0.05, 0.1) is 10.6 Å². The van der Waals surface area contributed by atoms with Crippen LogP contribution in [0.15, 0.2) is 77.7 Å². The monoisotopic (exact) mass is 593 g/mol. The second-order valence-corrected chi connectivity index (χ2v) is 12.9. The molecule has 4 rings (SSSR count). The van der Waals surface area contributed by atoms with Crippen LogP contribution in [0, 0.1) is 19.7 Å². The molecule has 0 aliphatic heterocycles. The van der Waals surface area contributed by atoms with Gasteiger partial charge in [0.1, 0.15) is 18.4 Å². The van der Waals surface area contributed by atoms with Gasteiger partial charge < -0.3 is 10.2 Å². The Morgan fingerprint density at radius 2 is 1.60 bits per heavy atom. The van der Waals surface area contributed by atoms with Crippen molar-refractivity contribution in [2.75, 3.05) is 10.8 Å². The van der Waals surface area contributed by atoms with E-state index in [1.165, 1.54) is 29.2 Å². The quantitative estimate of drug-likeness (QED) is 0.300. The van der Waals surface area contributed by atoms with E-state index >= 15 is 0 Å². The Labute approximate surface area is 248 Å². The Morgan fingerprint density at radius 1 is 0.929 bits per heavy atom. The summed E-state index contributed by atoms with van der Waals surface area (Å²) in [6, 6.07) is 18.4. The van der Waals surface area contributed by atoms with E-state index in [4.69, 9.17) is 0 Å². The standard InChI is InChI=1S/C33H40FN3O4S/c1-4-31(33(39)35-28-10-6-5-7-11-28)36(22-26-15-17-27(34)18-16-26)32(38)23-37(29-12-8-9-25(3)21-29)42(40,41)30-19-13-24(2)14-20-30/h8-9,12-21,28,31H,4-7,10-11,22-23H2,1-3H3,(H,35,39)/t31-/m1/s1. The molecule has 224 valence electrons. The second-order valence-electron chi connectivity index (χ2n) is 11.1. The van der Waals surface area contributed by atoms with Gasteiger partial charge in [-0.25, -0.2) is 12.8 Å². The minimum absolute atomic E-state index is 0.0297. The summed E-state index contributed by atoms with van der Waals surface area (Å²) in [5.74, 6) is -1.20. The molecule has 1 saturated carbocycles. The lowest BCUT2D eigenvalue weighted by Crippen LogP contribution is -2.54. The van der Waals surface area contributed by atoms with Crippen molar-refractivity contribution < 1.29 is 22.4 Å². The summed E-state index contributed by atoms with van der Waals surface area (Å²) < 4.78 is 42.8. The largest absolute Gasteiger partial charge is 0.352 e. The molecule has 42 heavy (non-hydrogen) atoms. The van der Waals surface area contributed by atoms with Crippen molar-refractivity contribution in [3.05, 3.63) is 95.3 Å². The molecule has 1 fully saturated rings. The van der Waals surface area contributed by atoms with Crippen LogP contribution < -0.4 is 9.62 Å². The SMILES string of the molecule is CC[C@H](C(=O)NC1CCCCC1)N(Cc1ccc(F)cc1)C(=O)CN(c1cccc(C)c1)S(=O)(=O)c1ccc(C)cc1. The zero-order valence-electron chi connectivity index (χ0n) is 24.6. The molecule has 3 aromatic carbocycles. The molecule has 0 radical (unpaired) electrons. The molecule has 7 nitrogen and oxygen atoms in total. The molecule has 0 unspecified atom stereocenters. The van der Waals surface area contributed by atoms with E-state index in [0.29, 0.717) is 17.7 Å². The number of hydrogen-bond acceptors (Lipinski definition) is 4. The van der Waals surface area contributed by atoms with Crippen LogP contribution in [0.4, 0.5) is 10.1 Å². The highest BCUT2D eigenvalue weighted by Crippen LogP contribution is 2.26. The molecule has 1 N–H and O–H groups in total. The van der Waals surface area contributed by atoms with Crippen LogP contribution in [0.1, 0.15) is 62.1 Å². The van der Waals surface area contributed by atoms with Crippen molar-refractivity contribution in [3.8, 4) is 0 Å². The molecule has 3 aromatic rings. The molecule has 0 aromatic heterocycles. The number of anilines is 1. The van der Waals surface area contributed by atoms with Crippen molar-refractivity contribution in [1.29, 1.82) is 0 Å². The summed E-state index contributed by atoms with van der Waals surface area (Å²) in [6.07, 6.45) is 5.35. The fraction of sp³-hybridized carbons (Fsp3) is 0.394. The van der Waals surface area contributed by atoms with Crippen LogP contribution in [0.5, 0.6) is 0 Å². The Hall–Kier alpha value is -3.72. The summed E-state index contributed by atoms with van der Waals surface area (Å²) in [6.45, 7) is 5.08. The molecule has 1 atom stereocenters. The number of aryl methyl sites for hydroxylation is 2. The number of rotatable bonds is 11. The van der Waals surface area contributed by atoms with Gasteiger partial charge in [0.25, 0.3) is 10.0 Å². The molecule has 9 heteroatoms. The first-order chi connectivity index (χ1) is 20.1. The maximum atomic E-state index is 14.2. The van der Waals surface area contributed by atoms with Crippen molar-refractivity contribution in [3.63, 3.8) is 0 Å². The molecule has 1 aliphatic carbocycles. The number of nitrogens with zero attached hydrogens (tertiary/aromatic N) is 2. The number of halogens is 1. The molecular weight excluding hydrogens is 553 g/mol. The number of nitrogens with one attached hydrogen (secondary N) is 1. The summed E-state index contributed by atoms with van der Waals surface area (Å²) in [5.41, 5.74) is 2.74. The highest BCUT2D eigenvalue weighted by atomic mass is 32.2. The summed E-state index contributed by atoms with van der Waals surface area (Å²) in [5, 5.41) is 3.13. The number of benzene rings is 3. The van der Waals surface area contributed by atoms with Gasteiger partial charge in [-0.1, -0.05) is 68.1 Å². The van der Waals surface area contributed by atoms with E-state index in [1.54, 1.807) is 42.5 Å². The second kappa shape index (κ2) is 14.0. The highest BCUT2D eigenvalue weighted by molar-refractivity contribution is 7.92. The zero-order valence-corrected chi connectivity index (χ0v) is 25.4. The Bertz CT molecular complexity index is 1470. The van der Waals surface area contributed by atoms with Gasteiger partial charge in [0.15, 0.2) is 0 Å². The predicted molar refractivity (Wildman–Crippen MR) is 163 cm³/mol. The first-order valence-electron chi connectivity index (χ1n) is 14.6. The van der Waals surface area contributed by atoms with Gasteiger partial charge in [-0.15, -0.1) is 0 Å². The van der Waals surface area contributed by atoms with E-state index in [0.717, 1.165) is 47.5 Å². The Morgan fingerprint density at radius 3 is 2.21 bits per heavy atom. The molecular formula is C33H40FN3O4S. The van der Waals surface area contributed by atoms with E-state index in [9.17, 15) is 22.4 Å². The van der Waals surface area contributed by atoms with Crippen LogP contribution in [0.3, 0.4) is 0 Å². The lowest BCUT2D eigenvalue weighted by Gasteiger charge is -2.34. The first-order valence-corrected chi connectivity index (χ1v) is 16.0. The van der Waals surface area contributed by atoms with Gasteiger partial charge >= 0.3 is 0 Å².